The first-order chi connectivity index (χ1) is 15.7. The van der Waals surface area contributed by atoms with Crippen LogP contribution in [0.4, 0.5) is 0 Å². The van der Waals surface area contributed by atoms with Gasteiger partial charge >= 0.3 is 0 Å². The van der Waals surface area contributed by atoms with Crippen LogP contribution in [0.3, 0.4) is 0 Å². The van der Waals surface area contributed by atoms with Crippen LogP contribution in [0.1, 0.15) is 54.9 Å². The molecule has 188 valence electrons. The molecule has 0 aromatic heterocycles. The van der Waals surface area contributed by atoms with Gasteiger partial charge in [0.2, 0.25) is 0 Å². The largest absolute Gasteiger partial charge is 0.412 e. The second-order valence-electron chi connectivity index (χ2n) is 12.7. The summed E-state index contributed by atoms with van der Waals surface area (Å²) in [5.74, 6) is 0.625. The molecule has 2 aromatic rings. The van der Waals surface area contributed by atoms with E-state index in [1.165, 1.54) is 10.4 Å². The molecule has 34 heavy (non-hydrogen) atoms. The highest BCUT2D eigenvalue weighted by Gasteiger charge is 2.53. The molecule has 3 nitrogen and oxygen atoms in total. The highest BCUT2D eigenvalue weighted by Crippen LogP contribution is 2.46. The molecule has 1 aliphatic carbocycles. The van der Waals surface area contributed by atoms with E-state index in [1.807, 2.05) is 6.92 Å². The second kappa shape index (κ2) is 10.0. The summed E-state index contributed by atoms with van der Waals surface area (Å²) in [7, 11) is -4.45. The minimum Gasteiger partial charge on any atom is -0.412 e. The van der Waals surface area contributed by atoms with Gasteiger partial charge in [0, 0.05) is 6.61 Å². The molecule has 0 saturated heterocycles. The van der Waals surface area contributed by atoms with E-state index in [-0.39, 0.29) is 22.1 Å². The van der Waals surface area contributed by atoms with Gasteiger partial charge in [0.15, 0.2) is 8.32 Å². The zero-order valence-electron chi connectivity index (χ0n) is 22.8. The quantitative estimate of drug-likeness (QED) is 0.433. The van der Waals surface area contributed by atoms with Gasteiger partial charge in [0.05, 0.1) is 12.2 Å². The standard InChI is InChI=1S/C29H46O3Si2/c1-22(32-33(8,9)28(2,3)4)27(30)26-20-23(26)21-31-34(29(5,6)7,24-16-12-10-13-17-24)25-18-14-11-15-19-25/h10-19,22-23,26-27,30H,20-21H2,1-9H3/t22-,23-,26+,27+/m1/s1. The third kappa shape index (κ3) is 5.60. The Morgan fingerprint density at radius 1 is 0.853 bits per heavy atom. The Balaban J connectivity index is 1.78. The zero-order chi connectivity index (χ0) is 25.4. The topological polar surface area (TPSA) is 38.7 Å². The average Bonchev–Trinajstić information content (AvgIpc) is 3.52. The molecule has 0 radical (unpaired) electrons. The zero-order valence-corrected chi connectivity index (χ0v) is 24.8. The van der Waals surface area contributed by atoms with Crippen molar-refractivity contribution >= 4 is 27.0 Å². The summed E-state index contributed by atoms with van der Waals surface area (Å²) in [5, 5.41) is 13.9. The molecule has 0 bridgehead atoms. The molecular formula is C29H46O3Si2. The minimum atomic E-state index is -2.53. The molecule has 1 N–H and O–H groups in total. The van der Waals surface area contributed by atoms with Crippen LogP contribution in [-0.2, 0) is 8.85 Å². The first kappa shape index (κ1) is 27.3. The predicted molar refractivity (Wildman–Crippen MR) is 149 cm³/mol. The van der Waals surface area contributed by atoms with E-state index in [4.69, 9.17) is 8.85 Å². The van der Waals surface area contributed by atoms with Gasteiger partial charge in [-0.3, -0.25) is 0 Å². The Morgan fingerprint density at radius 3 is 1.74 bits per heavy atom. The Bertz CT molecular complexity index is 876. The van der Waals surface area contributed by atoms with E-state index in [2.05, 4.69) is 115 Å². The van der Waals surface area contributed by atoms with Crippen LogP contribution in [0.25, 0.3) is 0 Å². The van der Waals surface area contributed by atoms with Gasteiger partial charge < -0.3 is 14.0 Å². The van der Waals surface area contributed by atoms with Gasteiger partial charge in [-0.05, 0) is 58.7 Å². The molecule has 0 spiro atoms. The number of benzene rings is 2. The van der Waals surface area contributed by atoms with E-state index in [9.17, 15) is 5.11 Å². The van der Waals surface area contributed by atoms with E-state index >= 15 is 0 Å². The third-order valence-corrected chi connectivity index (χ3v) is 17.7. The van der Waals surface area contributed by atoms with Crippen LogP contribution < -0.4 is 10.4 Å². The maximum absolute atomic E-state index is 11.1. The Morgan fingerprint density at radius 2 is 1.32 bits per heavy atom. The molecule has 1 aliphatic rings. The first-order valence-corrected chi connectivity index (χ1v) is 17.6. The van der Waals surface area contributed by atoms with Gasteiger partial charge in [0.25, 0.3) is 8.32 Å². The highest BCUT2D eigenvalue weighted by molar-refractivity contribution is 6.99. The molecule has 4 atom stereocenters. The summed E-state index contributed by atoms with van der Waals surface area (Å²) in [4.78, 5) is 0. The van der Waals surface area contributed by atoms with Crippen LogP contribution in [0.2, 0.25) is 23.2 Å². The van der Waals surface area contributed by atoms with Crippen molar-refractivity contribution in [2.75, 3.05) is 6.61 Å². The van der Waals surface area contributed by atoms with Crippen molar-refractivity contribution in [3.63, 3.8) is 0 Å². The van der Waals surface area contributed by atoms with Gasteiger partial charge in [-0.15, -0.1) is 0 Å². The molecule has 1 fully saturated rings. The summed E-state index contributed by atoms with van der Waals surface area (Å²) < 4.78 is 13.6. The summed E-state index contributed by atoms with van der Waals surface area (Å²) in [6, 6.07) is 21.6. The monoisotopic (exact) mass is 498 g/mol. The number of hydrogen-bond donors (Lipinski definition) is 1. The summed E-state index contributed by atoms with van der Waals surface area (Å²) in [6.07, 6.45) is 0.413. The molecule has 5 heteroatoms. The van der Waals surface area contributed by atoms with Crippen molar-refractivity contribution in [3.8, 4) is 0 Å². The Labute approximate surface area is 210 Å². The van der Waals surface area contributed by atoms with Crippen LogP contribution in [0.15, 0.2) is 60.7 Å². The third-order valence-electron chi connectivity index (χ3n) is 8.11. The van der Waals surface area contributed by atoms with Crippen molar-refractivity contribution in [1.82, 2.24) is 0 Å². The average molecular weight is 499 g/mol. The van der Waals surface area contributed by atoms with Crippen molar-refractivity contribution in [1.29, 1.82) is 0 Å². The van der Waals surface area contributed by atoms with Gasteiger partial charge in [0.1, 0.15) is 0 Å². The van der Waals surface area contributed by atoms with E-state index in [1.54, 1.807) is 0 Å². The van der Waals surface area contributed by atoms with Gasteiger partial charge in [-0.25, -0.2) is 0 Å². The molecule has 1 saturated carbocycles. The minimum absolute atomic E-state index is 0.0303. The lowest BCUT2D eigenvalue weighted by Crippen LogP contribution is -2.66. The molecule has 0 unspecified atom stereocenters. The summed E-state index contributed by atoms with van der Waals surface area (Å²) in [5.41, 5.74) is 0. The number of rotatable bonds is 9. The summed E-state index contributed by atoms with van der Waals surface area (Å²) >= 11 is 0. The van der Waals surface area contributed by atoms with Crippen LogP contribution >= 0.6 is 0 Å². The van der Waals surface area contributed by atoms with Crippen molar-refractivity contribution in [2.45, 2.75) is 90.3 Å². The fraction of sp³-hybridized carbons (Fsp3) is 0.586. The predicted octanol–water partition coefficient (Wildman–Crippen LogP) is 5.97. The molecule has 0 aliphatic heterocycles. The Hall–Kier alpha value is -1.25. The SMILES string of the molecule is C[C@@H](O[Si](C)(C)C(C)(C)C)[C@H](O)[C@H]1C[C@@H]1CO[Si](c1ccccc1)(c1ccccc1)C(C)(C)C. The van der Waals surface area contributed by atoms with Crippen LogP contribution in [0.5, 0.6) is 0 Å². The fourth-order valence-corrected chi connectivity index (χ4v) is 11.0. The second-order valence-corrected chi connectivity index (χ2v) is 21.8. The maximum Gasteiger partial charge on any atom is 0.261 e. The fourth-order valence-electron chi connectivity index (χ4n) is 4.93. The number of aliphatic hydroxyl groups excluding tert-OH is 1. The molecule has 2 aromatic carbocycles. The van der Waals surface area contributed by atoms with Crippen molar-refractivity contribution < 1.29 is 14.0 Å². The van der Waals surface area contributed by atoms with Crippen LogP contribution in [0, 0.1) is 11.8 Å². The maximum atomic E-state index is 11.1. The Kier molecular flexibility index (Phi) is 8.06. The number of hydrogen-bond acceptors (Lipinski definition) is 3. The van der Waals surface area contributed by atoms with Crippen LogP contribution in [-0.4, -0.2) is 40.6 Å². The van der Waals surface area contributed by atoms with Gasteiger partial charge in [-0.1, -0.05) is 102 Å². The molecule has 3 rings (SSSR count). The lowest BCUT2D eigenvalue weighted by atomic mass is 10.1. The van der Waals surface area contributed by atoms with Crippen molar-refractivity contribution in [2.24, 2.45) is 11.8 Å². The van der Waals surface area contributed by atoms with E-state index in [0.29, 0.717) is 12.5 Å². The van der Waals surface area contributed by atoms with Gasteiger partial charge in [-0.2, -0.15) is 0 Å². The number of aliphatic hydroxyl groups is 1. The van der Waals surface area contributed by atoms with E-state index in [0.717, 1.165) is 6.42 Å². The van der Waals surface area contributed by atoms with E-state index < -0.39 is 22.7 Å². The smallest absolute Gasteiger partial charge is 0.261 e. The van der Waals surface area contributed by atoms with Crippen molar-refractivity contribution in [3.05, 3.63) is 60.7 Å². The lowest BCUT2D eigenvalue weighted by molar-refractivity contribution is 0.0192. The molecule has 0 heterocycles. The highest BCUT2D eigenvalue weighted by atomic mass is 28.4. The lowest BCUT2D eigenvalue weighted by Gasteiger charge is -2.43. The normalized spacial score (nSPS) is 21.2. The molecular weight excluding hydrogens is 452 g/mol. The first-order valence-electron chi connectivity index (χ1n) is 12.8. The molecule has 0 amide bonds. The summed E-state index contributed by atoms with van der Waals surface area (Å²) in [6.45, 7) is 20.9.